The molecule has 1 heterocycles. The van der Waals surface area contributed by atoms with E-state index in [-0.39, 0.29) is 5.91 Å². The molecule has 0 bridgehead atoms. The molecular formula is C15H25N3O2. The van der Waals surface area contributed by atoms with Gasteiger partial charge in [-0.1, -0.05) is 13.3 Å². The second kappa shape index (κ2) is 9.31. The fourth-order valence-corrected chi connectivity index (χ4v) is 1.81. The summed E-state index contributed by atoms with van der Waals surface area (Å²) in [6, 6.07) is 3.56. The van der Waals surface area contributed by atoms with Crippen LogP contribution in [0.15, 0.2) is 18.3 Å². The number of amides is 1. The Bertz CT molecular complexity index is 410. The fraction of sp³-hybridized carbons (Fsp3) is 0.600. The van der Waals surface area contributed by atoms with Gasteiger partial charge in [0.1, 0.15) is 5.82 Å². The van der Waals surface area contributed by atoms with Crippen LogP contribution in [-0.4, -0.2) is 49.6 Å². The Balaban J connectivity index is 2.55. The maximum atomic E-state index is 12.2. The average Bonchev–Trinajstić information content (AvgIpc) is 2.48. The molecule has 0 aromatic carbocycles. The molecule has 0 fully saturated rings. The summed E-state index contributed by atoms with van der Waals surface area (Å²) in [5.41, 5.74) is 0.674. The van der Waals surface area contributed by atoms with Gasteiger partial charge in [0.05, 0.1) is 0 Å². The number of unbranched alkanes of at least 4 members (excludes halogenated alkanes) is 1. The molecule has 5 nitrogen and oxygen atoms in total. The molecule has 5 heteroatoms. The van der Waals surface area contributed by atoms with Crippen LogP contribution in [0.5, 0.6) is 0 Å². The van der Waals surface area contributed by atoms with Crippen LogP contribution in [0.2, 0.25) is 0 Å². The van der Waals surface area contributed by atoms with Gasteiger partial charge in [-0.3, -0.25) is 4.79 Å². The summed E-state index contributed by atoms with van der Waals surface area (Å²) < 4.78 is 4.99. The summed E-state index contributed by atoms with van der Waals surface area (Å²) in [6.45, 7) is 4.40. The van der Waals surface area contributed by atoms with E-state index in [9.17, 15) is 4.79 Å². The monoisotopic (exact) mass is 279 g/mol. The number of hydrogen-bond acceptors (Lipinski definition) is 4. The number of carbonyl (C=O) groups is 1. The third-order valence-electron chi connectivity index (χ3n) is 3.03. The Kier molecular flexibility index (Phi) is 7.65. The minimum absolute atomic E-state index is 0.0424. The summed E-state index contributed by atoms with van der Waals surface area (Å²) in [6.07, 6.45) is 4.68. The van der Waals surface area contributed by atoms with E-state index >= 15 is 0 Å². The second-order valence-electron chi connectivity index (χ2n) is 4.78. The molecule has 1 amide bonds. The normalized spacial score (nSPS) is 10.3. The van der Waals surface area contributed by atoms with E-state index in [1.165, 1.54) is 0 Å². The van der Waals surface area contributed by atoms with Crippen molar-refractivity contribution in [3.05, 3.63) is 23.9 Å². The lowest BCUT2D eigenvalue weighted by Gasteiger charge is -2.17. The van der Waals surface area contributed by atoms with Crippen LogP contribution in [0.3, 0.4) is 0 Å². The summed E-state index contributed by atoms with van der Waals surface area (Å²) in [4.78, 5) is 18.2. The molecule has 0 saturated carbocycles. The van der Waals surface area contributed by atoms with Crippen LogP contribution < -0.4 is 5.32 Å². The van der Waals surface area contributed by atoms with Gasteiger partial charge in [0, 0.05) is 45.6 Å². The molecule has 1 rings (SSSR count). The number of anilines is 1. The highest BCUT2D eigenvalue weighted by atomic mass is 16.5. The van der Waals surface area contributed by atoms with E-state index in [2.05, 4.69) is 17.2 Å². The van der Waals surface area contributed by atoms with E-state index in [1.54, 1.807) is 30.3 Å². The van der Waals surface area contributed by atoms with Gasteiger partial charge < -0.3 is 15.0 Å². The lowest BCUT2D eigenvalue weighted by molar-refractivity contribution is 0.0793. The van der Waals surface area contributed by atoms with Crippen LogP contribution in [0.1, 0.15) is 36.5 Å². The zero-order valence-electron chi connectivity index (χ0n) is 12.7. The maximum Gasteiger partial charge on any atom is 0.253 e. The average molecular weight is 279 g/mol. The first kappa shape index (κ1) is 16.4. The van der Waals surface area contributed by atoms with Crippen LogP contribution in [0.25, 0.3) is 0 Å². The standard InChI is InChI=1S/C15H25N3O2/c1-4-5-10-18(2)15(19)13-7-9-17-14(12-13)16-8-6-11-20-3/h7,9,12H,4-6,8,10-11H2,1-3H3,(H,16,17). The Labute approximate surface area is 121 Å². The predicted octanol–water partition coefficient (Wildman–Crippen LogP) is 2.40. The number of aromatic nitrogens is 1. The van der Waals surface area contributed by atoms with Crippen LogP contribution in [0, 0.1) is 0 Å². The number of methoxy groups -OCH3 is 1. The minimum atomic E-state index is 0.0424. The van der Waals surface area contributed by atoms with Gasteiger partial charge in [0.15, 0.2) is 0 Å². The Morgan fingerprint density at radius 1 is 1.45 bits per heavy atom. The second-order valence-corrected chi connectivity index (χ2v) is 4.78. The van der Waals surface area contributed by atoms with Gasteiger partial charge >= 0.3 is 0 Å². The number of nitrogens with one attached hydrogen (secondary N) is 1. The molecule has 0 aliphatic carbocycles. The van der Waals surface area contributed by atoms with Crippen molar-refractivity contribution < 1.29 is 9.53 Å². The molecule has 0 radical (unpaired) electrons. The van der Waals surface area contributed by atoms with E-state index in [4.69, 9.17) is 4.74 Å². The highest BCUT2D eigenvalue weighted by molar-refractivity contribution is 5.94. The van der Waals surface area contributed by atoms with Crippen molar-refractivity contribution in [3.8, 4) is 0 Å². The first-order chi connectivity index (χ1) is 9.69. The third-order valence-corrected chi connectivity index (χ3v) is 3.03. The van der Waals surface area contributed by atoms with E-state index < -0.39 is 0 Å². The van der Waals surface area contributed by atoms with E-state index in [1.807, 2.05) is 7.05 Å². The maximum absolute atomic E-state index is 12.2. The number of rotatable bonds is 9. The van der Waals surface area contributed by atoms with Crippen molar-refractivity contribution in [3.63, 3.8) is 0 Å². The van der Waals surface area contributed by atoms with Crippen molar-refractivity contribution in [2.45, 2.75) is 26.2 Å². The predicted molar refractivity (Wildman–Crippen MR) is 81.1 cm³/mol. The summed E-state index contributed by atoms with van der Waals surface area (Å²) in [7, 11) is 3.52. The smallest absolute Gasteiger partial charge is 0.253 e. The van der Waals surface area contributed by atoms with Crippen LogP contribution >= 0.6 is 0 Å². The summed E-state index contributed by atoms with van der Waals surface area (Å²) >= 11 is 0. The summed E-state index contributed by atoms with van der Waals surface area (Å²) in [5.74, 6) is 0.775. The number of carbonyl (C=O) groups excluding carboxylic acids is 1. The number of nitrogens with zero attached hydrogens (tertiary/aromatic N) is 2. The van der Waals surface area contributed by atoms with Gasteiger partial charge in [-0.2, -0.15) is 0 Å². The Hall–Kier alpha value is -1.62. The minimum Gasteiger partial charge on any atom is -0.385 e. The fourth-order valence-electron chi connectivity index (χ4n) is 1.81. The molecule has 112 valence electrons. The van der Waals surface area contributed by atoms with Crippen LogP contribution in [0.4, 0.5) is 5.82 Å². The molecule has 1 aromatic heterocycles. The van der Waals surface area contributed by atoms with Crippen molar-refractivity contribution in [2.75, 3.05) is 39.2 Å². The van der Waals surface area contributed by atoms with Gasteiger partial charge in [-0.15, -0.1) is 0 Å². The van der Waals surface area contributed by atoms with Crippen LogP contribution in [-0.2, 0) is 4.74 Å². The van der Waals surface area contributed by atoms with Gasteiger partial charge in [-0.25, -0.2) is 4.98 Å². The van der Waals surface area contributed by atoms with E-state index in [0.29, 0.717) is 12.2 Å². The largest absolute Gasteiger partial charge is 0.385 e. The van der Waals surface area contributed by atoms with Gasteiger partial charge in [-0.05, 0) is 25.0 Å². The van der Waals surface area contributed by atoms with E-state index in [0.717, 1.165) is 38.2 Å². The first-order valence-electron chi connectivity index (χ1n) is 7.13. The molecule has 0 saturated heterocycles. The quantitative estimate of drug-likeness (QED) is 0.705. The molecule has 0 atom stereocenters. The number of ether oxygens (including phenoxy) is 1. The van der Waals surface area contributed by atoms with Crippen molar-refractivity contribution in [1.29, 1.82) is 0 Å². The lowest BCUT2D eigenvalue weighted by Crippen LogP contribution is -2.27. The van der Waals surface area contributed by atoms with Gasteiger partial charge in [0.25, 0.3) is 5.91 Å². The number of hydrogen-bond donors (Lipinski definition) is 1. The Morgan fingerprint density at radius 2 is 2.25 bits per heavy atom. The molecule has 1 aromatic rings. The number of pyridine rings is 1. The third kappa shape index (κ3) is 5.57. The molecule has 0 unspecified atom stereocenters. The zero-order chi connectivity index (χ0) is 14.8. The van der Waals surface area contributed by atoms with Crippen molar-refractivity contribution in [2.24, 2.45) is 0 Å². The molecule has 20 heavy (non-hydrogen) atoms. The molecule has 1 N–H and O–H groups in total. The SMILES string of the molecule is CCCCN(C)C(=O)c1ccnc(NCCCOC)c1. The van der Waals surface area contributed by atoms with Crippen molar-refractivity contribution >= 4 is 11.7 Å². The lowest BCUT2D eigenvalue weighted by atomic mass is 10.2. The van der Waals surface area contributed by atoms with Gasteiger partial charge in [0.2, 0.25) is 0 Å². The Morgan fingerprint density at radius 3 is 2.95 bits per heavy atom. The zero-order valence-corrected chi connectivity index (χ0v) is 12.7. The van der Waals surface area contributed by atoms with Crippen molar-refractivity contribution in [1.82, 2.24) is 9.88 Å². The molecule has 0 aliphatic rings. The highest BCUT2D eigenvalue weighted by Crippen LogP contribution is 2.09. The highest BCUT2D eigenvalue weighted by Gasteiger charge is 2.11. The molecular weight excluding hydrogens is 254 g/mol. The first-order valence-corrected chi connectivity index (χ1v) is 7.13. The summed E-state index contributed by atoms with van der Waals surface area (Å²) in [5, 5.41) is 3.19. The molecule has 0 aliphatic heterocycles. The topological polar surface area (TPSA) is 54.5 Å². The molecule has 0 spiro atoms.